The van der Waals surface area contributed by atoms with Crippen molar-refractivity contribution < 1.29 is 19.1 Å². The van der Waals surface area contributed by atoms with Gasteiger partial charge in [0.15, 0.2) is 0 Å². The van der Waals surface area contributed by atoms with Crippen LogP contribution in [0.4, 0.5) is 0 Å². The first-order valence-electron chi connectivity index (χ1n) is 19.9. The second-order valence-corrected chi connectivity index (χ2v) is 16.9. The molecule has 10 nitrogen and oxygen atoms in total. The van der Waals surface area contributed by atoms with Crippen molar-refractivity contribution in [3.05, 3.63) is 115 Å². The van der Waals surface area contributed by atoms with Crippen molar-refractivity contribution in [3.63, 3.8) is 0 Å². The fourth-order valence-corrected chi connectivity index (χ4v) is 7.80. The van der Waals surface area contributed by atoms with Gasteiger partial charge in [-0.15, -0.1) is 0 Å². The fourth-order valence-electron chi connectivity index (χ4n) is 7.80. The van der Waals surface area contributed by atoms with Crippen molar-refractivity contribution in [3.8, 4) is 28.0 Å². The van der Waals surface area contributed by atoms with Crippen LogP contribution in [0.15, 0.2) is 104 Å². The molecular formula is C47H54N6O4. The molecule has 0 aliphatic carbocycles. The number of benzene rings is 3. The number of amides is 2. The highest BCUT2D eigenvalue weighted by molar-refractivity contribution is 5.97. The smallest absolute Gasteiger partial charge is 0.223 e. The van der Waals surface area contributed by atoms with E-state index in [1.165, 1.54) is 22.1 Å². The lowest BCUT2D eigenvalue weighted by molar-refractivity contribution is -0.136. The molecule has 4 heterocycles. The largest absolute Gasteiger partial charge is 0.493 e. The molecule has 1 aliphatic rings. The van der Waals surface area contributed by atoms with Gasteiger partial charge in [-0.25, -0.2) is 0 Å². The number of fused-ring (bicyclic) bond motifs is 2. The molecule has 1 fully saturated rings. The Bertz CT molecular complexity index is 2320. The number of carbonyl (C=O) groups is 2. The van der Waals surface area contributed by atoms with Crippen LogP contribution in [0.3, 0.4) is 0 Å². The van der Waals surface area contributed by atoms with E-state index in [2.05, 4.69) is 94.4 Å². The van der Waals surface area contributed by atoms with E-state index in [0.29, 0.717) is 39.3 Å². The number of aromatic amines is 1. The zero-order chi connectivity index (χ0) is 40.0. The number of nitrogens with one attached hydrogen (secondary N) is 1. The van der Waals surface area contributed by atoms with Gasteiger partial charge in [-0.05, 0) is 56.7 Å². The van der Waals surface area contributed by atoms with E-state index in [9.17, 15) is 9.59 Å². The van der Waals surface area contributed by atoms with Gasteiger partial charge >= 0.3 is 0 Å². The van der Waals surface area contributed by atoms with Gasteiger partial charge in [-0.1, -0.05) is 82.3 Å². The lowest BCUT2D eigenvalue weighted by Crippen LogP contribution is -2.49. The van der Waals surface area contributed by atoms with Crippen molar-refractivity contribution in [1.29, 1.82) is 0 Å². The topological polar surface area (TPSA) is 127 Å². The Morgan fingerprint density at radius 2 is 1.47 bits per heavy atom. The van der Waals surface area contributed by atoms with Crippen molar-refractivity contribution in [1.82, 2.24) is 24.8 Å². The molecule has 0 unspecified atom stereocenters. The lowest BCUT2D eigenvalue weighted by Gasteiger charge is -2.36. The fraction of sp³-hybridized carbons (Fsp3) is 0.362. The van der Waals surface area contributed by atoms with Gasteiger partial charge in [-0.3, -0.25) is 24.5 Å². The Labute approximate surface area is 335 Å². The lowest BCUT2D eigenvalue weighted by atomic mass is 9.88. The molecule has 3 aromatic carbocycles. The molecule has 1 saturated heterocycles. The molecule has 1 aliphatic heterocycles. The maximum Gasteiger partial charge on any atom is 0.223 e. The summed E-state index contributed by atoms with van der Waals surface area (Å²) in [4.78, 5) is 41.3. The summed E-state index contributed by atoms with van der Waals surface area (Å²) in [7, 11) is 0. The minimum atomic E-state index is -0.339. The number of hydrogen-bond donors (Lipinski definition) is 2. The first kappa shape index (κ1) is 39.6. The quantitative estimate of drug-likeness (QED) is 0.102. The predicted molar refractivity (Wildman–Crippen MR) is 227 cm³/mol. The van der Waals surface area contributed by atoms with Gasteiger partial charge < -0.3 is 25.1 Å². The first-order chi connectivity index (χ1) is 27.4. The van der Waals surface area contributed by atoms with Crippen LogP contribution in [-0.2, 0) is 27.3 Å². The molecule has 0 atom stereocenters. The van der Waals surface area contributed by atoms with E-state index >= 15 is 0 Å². The molecule has 7 rings (SSSR count). The van der Waals surface area contributed by atoms with Crippen molar-refractivity contribution >= 4 is 33.5 Å². The number of ether oxygens (including phenoxy) is 2. The monoisotopic (exact) mass is 766 g/mol. The Hall–Kier alpha value is -5.58. The third-order valence-corrected chi connectivity index (χ3v) is 10.8. The second-order valence-electron chi connectivity index (χ2n) is 16.9. The van der Waals surface area contributed by atoms with E-state index in [4.69, 9.17) is 15.2 Å². The van der Waals surface area contributed by atoms with Crippen LogP contribution >= 0.6 is 0 Å². The number of rotatable bonds is 16. The third kappa shape index (κ3) is 10.1. The summed E-state index contributed by atoms with van der Waals surface area (Å²) in [6, 6.07) is 25.6. The summed E-state index contributed by atoms with van der Waals surface area (Å²) < 4.78 is 12.6. The van der Waals surface area contributed by atoms with Gasteiger partial charge in [0.25, 0.3) is 0 Å². The molecule has 0 radical (unpaired) electrons. The zero-order valence-corrected chi connectivity index (χ0v) is 33.6. The number of hydrogen-bond acceptors (Lipinski definition) is 7. The maximum atomic E-state index is 13.4. The van der Waals surface area contributed by atoms with Gasteiger partial charge in [0.05, 0.1) is 19.8 Å². The summed E-state index contributed by atoms with van der Waals surface area (Å²) in [5.41, 5.74) is 12.6. The maximum absolute atomic E-state index is 13.4. The van der Waals surface area contributed by atoms with Crippen molar-refractivity contribution in [2.45, 2.75) is 53.5 Å². The zero-order valence-electron chi connectivity index (χ0n) is 33.6. The van der Waals surface area contributed by atoms with Gasteiger partial charge in [0.2, 0.25) is 11.8 Å². The average Bonchev–Trinajstić information content (AvgIpc) is 3.61. The van der Waals surface area contributed by atoms with Crippen LogP contribution in [0.25, 0.3) is 43.9 Å². The highest BCUT2D eigenvalue weighted by atomic mass is 16.5. The first-order valence-corrected chi connectivity index (χ1v) is 19.9. The summed E-state index contributed by atoms with van der Waals surface area (Å²) >= 11 is 0. The van der Waals surface area contributed by atoms with Crippen molar-refractivity contribution in [2.24, 2.45) is 16.6 Å². The molecule has 3 aromatic heterocycles. The molecule has 2 amide bonds. The SMILES string of the molecule is CC(C)(COCC(C)(C)CC(=O)N1CCN(Cc2ccc(-c3c[nH]c4ccncc34)c(OCCc3ccc(-c4cccc5ccncc45)cc3)c2)CC1)CC(N)=O. The molecule has 0 spiro atoms. The number of primary amides is 1. The molecule has 0 saturated carbocycles. The van der Waals surface area contributed by atoms with Gasteiger partial charge in [0, 0.05) is 110 Å². The Kier molecular flexibility index (Phi) is 12.0. The summed E-state index contributed by atoms with van der Waals surface area (Å²) in [6.07, 6.45) is 10.9. The van der Waals surface area contributed by atoms with Crippen LogP contribution in [0, 0.1) is 10.8 Å². The Balaban J connectivity index is 0.974. The number of carbonyl (C=O) groups excluding carboxylic acids is 2. The van der Waals surface area contributed by atoms with Crippen LogP contribution in [0.2, 0.25) is 0 Å². The molecule has 57 heavy (non-hydrogen) atoms. The third-order valence-electron chi connectivity index (χ3n) is 10.8. The van der Waals surface area contributed by atoms with E-state index in [1.54, 1.807) is 6.20 Å². The molecule has 296 valence electrons. The highest BCUT2D eigenvalue weighted by Crippen LogP contribution is 2.36. The molecule has 3 N–H and O–H groups in total. The number of nitrogens with two attached hydrogens (primary N) is 1. The second kappa shape index (κ2) is 17.3. The van der Waals surface area contributed by atoms with Crippen LogP contribution in [0.5, 0.6) is 5.75 Å². The van der Waals surface area contributed by atoms with E-state index in [-0.39, 0.29) is 29.1 Å². The van der Waals surface area contributed by atoms with Crippen molar-refractivity contribution in [2.75, 3.05) is 46.0 Å². The standard InChI is InChI=1S/C47H54N6O4/c1-46(2,25-44(48)54)31-56-32-47(3,4)26-45(55)53-21-19-52(20-22-53)30-34-10-13-38(40-29-51-42-15-18-50-28-41(40)42)43(24-34)57-23-16-33-8-11-36(12-9-33)37-7-5-6-35-14-17-49-27-39(35)37/h5-15,17-18,24,27-29,51H,16,19-23,25-26,30-32H2,1-4H3,(H2,48,54). The molecule has 0 bridgehead atoms. The summed E-state index contributed by atoms with van der Waals surface area (Å²) in [5, 5.41) is 3.38. The summed E-state index contributed by atoms with van der Waals surface area (Å²) in [5.74, 6) is 0.651. The Morgan fingerprint density at radius 3 is 2.23 bits per heavy atom. The number of aromatic nitrogens is 3. The van der Waals surface area contributed by atoms with Crippen LogP contribution in [0.1, 0.15) is 51.7 Å². The minimum Gasteiger partial charge on any atom is -0.493 e. The molecule has 6 aromatic rings. The Morgan fingerprint density at radius 1 is 0.772 bits per heavy atom. The van der Waals surface area contributed by atoms with Crippen LogP contribution < -0.4 is 10.5 Å². The molecular weight excluding hydrogens is 713 g/mol. The van der Waals surface area contributed by atoms with Crippen LogP contribution in [-0.4, -0.2) is 82.6 Å². The number of pyridine rings is 2. The highest BCUT2D eigenvalue weighted by Gasteiger charge is 2.29. The van der Waals surface area contributed by atoms with E-state index in [0.717, 1.165) is 64.8 Å². The summed E-state index contributed by atoms with van der Waals surface area (Å²) in [6.45, 7) is 13.1. The minimum absolute atomic E-state index is 0.147. The van der Waals surface area contributed by atoms with Gasteiger partial charge in [-0.2, -0.15) is 0 Å². The predicted octanol–water partition coefficient (Wildman–Crippen LogP) is 8.05. The number of nitrogens with zero attached hydrogens (tertiary/aromatic N) is 4. The van der Waals surface area contributed by atoms with Gasteiger partial charge in [0.1, 0.15) is 5.75 Å². The molecule has 10 heteroatoms. The van der Waals surface area contributed by atoms with E-state index < -0.39 is 0 Å². The average molecular weight is 767 g/mol. The normalized spacial score (nSPS) is 14.0. The number of H-pyrrole nitrogens is 1. The number of piperazine rings is 1. The van der Waals surface area contributed by atoms with E-state index in [1.807, 2.05) is 55.7 Å².